The van der Waals surface area contributed by atoms with E-state index in [1.54, 1.807) is 0 Å². The zero-order chi connectivity index (χ0) is 33.5. The van der Waals surface area contributed by atoms with Gasteiger partial charge in [-0.15, -0.1) is 0 Å². The van der Waals surface area contributed by atoms with E-state index in [2.05, 4.69) is 173 Å². The summed E-state index contributed by atoms with van der Waals surface area (Å²) in [5, 5.41) is 0. The van der Waals surface area contributed by atoms with Crippen molar-refractivity contribution in [2.45, 2.75) is 25.2 Å². The predicted octanol–water partition coefficient (Wildman–Crippen LogP) is 9.46. The lowest BCUT2D eigenvalue weighted by molar-refractivity contribution is 0.323. The van der Waals surface area contributed by atoms with Crippen LogP contribution >= 0.6 is 0 Å². The van der Waals surface area contributed by atoms with Gasteiger partial charge in [0.1, 0.15) is 18.0 Å². The van der Waals surface area contributed by atoms with Crippen molar-refractivity contribution in [1.82, 2.24) is 9.97 Å². The second kappa shape index (κ2) is 10.9. The second-order valence-electron chi connectivity index (χ2n) is 13.7. The highest BCUT2D eigenvalue weighted by atomic mass is 15.5. The van der Waals surface area contributed by atoms with Gasteiger partial charge >= 0.3 is 0 Å². The fraction of sp³-hybridized carbons (Fsp3) is 0.136. The Labute approximate surface area is 292 Å². The Balaban J connectivity index is 1.24. The summed E-state index contributed by atoms with van der Waals surface area (Å²) in [6.07, 6.45) is 4.25. The Bertz CT molecular complexity index is 2330. The highest BCUT2D eigenvalue weighted by molar-refractivity contribution is 5.94. The van der Waals surface area contributed by atoms with Gasteiger partial charge in [0.2, 0.25) is 0 Å². The summed E-state index contributed by atoms with van der Waals surface area (Å²) in [7, 11) is 2.21. The molecule has 1 aromatic heterocycles. The molecule has 242 valence electrons. The Morgan fingerprint density at radius 3 is 2.08 bits per heavy atom. The van der Waals surface area contributed by atoms with E-state index in [9.17, 15) is 0 Å². The molecule has 0 amide bonds. The second-order valence-corrected chi connectivity index (χ2v) is 13.7. The maximum absolute atomic E-state index is 5.32. The molecule has 4 aliphatic heterocycles. The van der Waals surface area contributed by atoms with Gasteiger partial charge in [0.15, 0.2) is 11.6 Å². The molecule has 4 atom stereocenters. The summed E-state index contributed by atoms with van der Waals surface area (Å²) >= 11 is 0. The number of rotatable bonds is 3. The lowest BCUT2D eigenvalue weighted by Gasteiger charge is -2.51. The summed E-state index contributed by atoms with van der Waals surface area (Å²) in [6.45, 7) is 7.05. The number of hydrogen-bond donors (Lipinski definition) is 0. The van der Waals surface area contributed by atoms with Gasteiger partial charge in [-0.2, -0.15) is 0 Å². The zero-order valence-corrected chi connectivity index (χ0v) is 28.1. The van der Waals surface area contributed by atoms with E-state index in [0.29, 0.717) is 0 Å². The number of fused-ring (bicyclic) bond motifs is 12. The number of anilines is 5. The Morgan fingerprint density at radius 2 is 1.30 bits per heavy atom. The van der Waals surface area contributed by atoms with Gasteiger partial charge in [0, 0.05) is 47.6 Å². The van der Waals surface area contributed by atoms with Crippen LogP contribution in [-0.4, -0.2) is 29.3 Å². The number of para-hydroxylation sites is 3. The molecule has 6 nitrogen and oxygen atoms in total. The molecular formula is C44H36N6. The van der Waals surface area contributed by atoms with Gasteiger partial charge in [-0.05, 0) is 53.5 Å². The van der Waals surface area contributed by atoms with Gasteiger partial charge in [-0.25, -0.2) is 9.97 Å². The average Bonchev–Trinajstić information content (AvgIpc) is 3.68. The summed E-state index contributed by atoms with van der Waals surface area (Å²) in [4.78, 5) is 20.3. The van der Waals surface area contributed by atoms with Crippen molar-refractivity contribution in [3.63, 3.8) is 0 Å². The van der Waals surface area contributed by atoms with Crippen LogP contribution in [0.3, 0.4) is 0 Å². The summed E-state index contributed by atoms with van der Waals surface area (Å²) < 4.78 is 0. The van der Waals surface area contributed by atoms with Crippen molar-refractivity contribution in [3.8, 4) is 11.4 Å². The normalized spacial score (nSPS) is 21.4. The molecule has 0 aliphatic carbocycles. The molecule has 0 N–H and O–H groups in total. The van der Waals surface area contributed by atoms with E-state index in [1.165, 1.54) is 33.8 Å². The van der Waals surface area contributed by atoms with Crippen molar-refractivity contribution in [2.75, 3.05) is 26.6 Å². The lowest BCUT2D eigenvalue weighted by Crippen LogP contribution is -2.59. The highest BCUT2D eigenvalue weighted by Crippen LogP contribution is 2.61. The minimum absolute atomic E-state index is 0.0268. The first-order chi connectivity index (χ1) is 24.6. The summed E-state index contributed by atoms with van der Waals surface area (Å²) in [5.41, 5.74) is 12.7. The topological polar surface area (TPSA) is 38.7 Å². The maximum Gasteiger partial charge on any atom is 0.161 e. The van der Waals surface area contributed by atoms with E-state index in [-0.39, 0.29) is 24.2 Å². The van der Waals surface area contributed by atoms with Crippen LogP contribution in [0.1, 0.15) is 28.2 Å². The van der Waals surface area contributed by atoms with Crippen molar-refractivity contribution in [2.24, 2.45) is 5.92 Å². The van der Waals surface area contributed by atoms with Crippen LogP contribution in [-0.2, 0) is 0 Å². The van der Waals surface area contributed by atoms with E-state index in [4.69, 9.17) is 16.5 Å². The number of nitrogens with zero attached hydrogens (tertiary/aromatic N) is 6. The molecule has 5 aromatic carbocycles. The smallest absolute Gasteiger partial charge is 0.161 e. The number of hydrogen-bond acceptors (Lipinski definition) is 6. The first kappa shape index (κ1) is 28.8. The van der Waals surface area contributed by atoms with Crippen LogP contribution < -0.4 is 19.6 Å². The molecule has 4 aliphatic rings. The van der Waals surface area contributed by atoms with Crippen LogP contribution in [0.25, 0.3) is 22.7 Å². The number of aryl methyl sites for hydroxylation is 1. The average molecular weight is 649 g/mol. The molecular weight excluding hydrogens is 613 g/mol. The molecule has 0 saturated carbocycles. The molecule has 4 unspecified atom stereocenters. The van der Waals surface area contributed by atoms with Crippen LogP contribution in [0.4, 0.5) is 28.6 Å². The van der Waals surface area contributed by atoms with Gasteiger partial charge < -0.3 is 19.6 Å². The first-order valence-electron chi connectivity index (χ1n) is 17.3. The molecule has 6 aromatic rings. The van der Waals surface area contributed by atoms with Crippen LogP contribution in [0.15, 0.2) is 152 Å². The minimum atomic E-state index is -0.0839. The maximum atomic E-state index is 5.32. The van der Waals surface area contributed by atoms with E-state index >= 15 is 0 Å². The van der Waals surface area contributed by atoms with Gasteiger partial charge in [-0.3, -0.25) is 0 Å². The van der Waals surface area contributed by atoms with Crippen molar-refractivity contribution in [1.29, 1.82) is 0 Å². The number of benzene rings is 5. The van der Waals surface area contributed by atoms with E-state index in [1.807, 2.05) is 6.20 Å². The fourth-order valence-corrected chi connectivity index (χ4v) is 8.94. The Hall–Kier alpha value is -6.14. The molecule has 50 heavy (non-hydrogen) atoms. The third-order valence-electron chi connectivity index (χ3n) is 11.1. The summed E-state index contributed by atoms with van der Waals surface area (Å²) in [5.74, 6) is 1.75. The molecule has 0 radical (unpaired) electrons. The van der Waals surface area contributed by atoms with E-state index < -0.39 is 0 Å². The van der Waals surface area contributed by atoms with Crippen LogP contribution in [0.5, 0.6) is 0 Å². The van der Waals surface area contributed by atoms with Crippen LogP contribution in [0.2, 0.25) is 0 Å². The number of aromatic nitrogens is 2. The number of allylic oxidation sites excluding steroid dienone is 1. The summed E-state index contributed by atoms with van der Waals surface area (Å²) in [6, 6.07) is 47.7. The van der Waals surface area contributed by atoms with Gasteiger partial charge in [0.05, 0.1) is 17.6 Å². The van der Waals surface area contributed by atoms with Crippen molar-refractivity contribution < 1.29 is 0 Å². The predicted molar refractivity (Wildman–Crippen MR) is 204 cm³/mol. The molecule has 0 bridgehead atoms. The molecule has 0 fully saturated rings. The standard InChI is InChI=1S/C44H36N6/c1-28-16-10-11-21-32(28)41-45-26-37-42(46-41)47(3)43-40-39(34-23-13-15-25-36(34)50(37)43)29(2)33-22-12-14-24-35(33)48-27-38(30-17-6-4-7-18-30)49(44(40)48)31-19-8-5-9-20-31/h4-27,39-40,43-44H,2H2,1,3H3. The molecule has 5 heterocycles. The van der Waals surface area contributed by atoms with Gasteiger partial charge in [-0.1, -0.05) is 116 Å². The lowest BCUT2D eigenvalue weighted by atomic mass is 9.72. The zero-order valence-electron chi connectivity index (χ0n) is 28.1. The minimum Gasteiger partial charge on any atom is -0.337 e. The Kier molecular flexibility index (Phi) is 6.31. The monoisotopic (exact) mass is 648 g/mol. The van der Waals surface area contributed by atoms with Crippen molar-refractivity contribution >= 4 is 39.8 Å². The quantitative estimate of drug-likeness (QED) is 0.190. The highest BCUT2D eigenvalue weighted by Gasteiger charge is 2.58. The van der Waals surface area contributed by atoms with Crippen molar-refractivity contribution in [3.05, 3.63) is 175 Å². The SMILES string of the molecule is C=C1c2ccccc2N2C=C(c3ccccc3)N(c3ccccc3)C2C2C1c1ccccc1N1c3cnc(-c4ccccc4C)nc3N(C)C21. The molecule has 6 heteroatoms. The largest absolute Gasteiger partial charge is 0.337 e. The molecule has 0 saturated heterocycles. The third-order valence-corrected chi connectivity index (χ3v) is 11.1. The molecule has 0 spiro atoms. The molecule has 10 rings (SSSR count). The van der Waals surface area contributed by atoms with E-state index in [0.717, 1.165) is 39.7 Å². The third kappa shape index (κ3) is 4.02. The Morgan fingerprint density at radius 1 is 0.640 bits per heavy atom. The first-order valence-corrected chi connectivity index (χ1v) is 17.3. The fourth-order valence-electron chi connectivity index (χ4n) is 8.94. The van der Waals surface area contributed by atoms with Crippen LogP contribution in [0, 0.1) is 12.8 Å². The van der Waals surface area contributed by atoms with Gasteiger partial charge in [0.25, 0.3) is 0 Å².